The number of carbonyl (C=O) groups excluding carboxylic acids is 2. The molecule has 0 aliphatic carbocycles. The highest BCUT2D eigenvalue weighted by molar-refractivity contribution is 6.30. The average molecular weight is 506 g/mol. The Morgan fingerprint density at radius 2 is 1.58 bits per heavy atom. The second-order valence-electron chi connectivity index (χ2n) is 7.41. The topological polar surface area (TPSA) is 135 Å². The molecular formula is C25H20ClN5O5. The van der Waals surface area contributed by atoms with Crippen molar-refractivity contribution >= 4 is 29.5 Å². The summed E-state index contributed by atoms with van der Waals surface area (Å²) >= 11 is 6.04. The summed E-state index contributed by atoms with van der Waals surface area (Å²) in [6.45, 7) is 0. The number of amides is 3. The fraction of sp³-hybridized carbons (Fsp3) is 0.0400. The van der Waals surface area contributed by atoms with Gasteiger partial charge in [-0.25, -0.2) is 10.2 Å². The molecule has 182 valence electrons. The summed E-state index contributed by atoms with van der Waals surface area (Å²) in [6.07, 6.45) is -1.44. The van der Waals surface area contributed by atoms with Crippen LogP contribution in [0.4, 0.5) is 4.79 Å². The molecule has 0 atom stereocenters. The molecule has 10 nitrogen and oxygen atoms in total. The standard InChI is InChI=1S/C25H20ClN5O5/c1-36-19-9-5-8-17(14-19)20-21(15-10-12-18(26)13-11-15)29-31(30-25(34)35)22(20)24(33)28-27-23(32)16-6-3-2-4-7-16/h2-14,30H,1H3,(H,27,32)(H,28,33)(H,34,35). The van der Waals surface area contributed by atoms with Gasteiger partial charge in [-0.3, -0.25) is 20.4 Å². The van der Waals surface area contributed by atoms with Gasteiger partial charge >= 0.3 is 6.09 Å². The van der Waals surface area contributed by atoms with Gasteiger partial charge < -0.3 is 9.84 Å². The highest BCUT2D eigenvalue weighted by Gasteiger charge is 2.27. The van der Waals surface area contributed by atoms with Crippen LogP contribution in [-0.2, 0) is 0 Å². The average Bonchev–Trinajstić information content (AvgIpc) is 3.26. The number of rotatable bonds is 6. The van der Waals surface area contributed by atoms with Gasteiger partial charge in [-0.2, -0.15) is 9.89 Å². The molecule has 0 unspecified atom stereocenters. The molecular weight excluding hydrogens is 486 g/mol. The van der Waals surface area contributed by atoms with E-state index in [1.54, 1.807) is 78.9 Å². The predicted molar refractivity (Wildman–Crippen MR) is 133 cm³/mol. The van der Waals surface area contributed by atoms with Crippen LogP contribution in [0.25, 0.3) is 22.4 Å². The van der Waals surface area contributed by atoms with Crippen molar-refractivity contribution in [1.29, 1.82) is 0 Å². The third kappa shape index (κ3) is 5.29. The van der Waals surface area contributed by atoms with E-state index in [-0.39, 0.29) is 5.69 Å². The van der Waals surface area contributed by atoms with Gasteiger partial charge in [-0.1, -0.05) is 54.1 Å². The molecule has 0 saturated heterocycles. The molecule has 1 aromatic heterocycles. The highest BCUT2D eigenvalue weighted by Crippen LogP contribution is 2.36. The maximum atomic E-state index is 13.4. The minimum absolute atomic E-state index is 0.163. The molecule has 0 radical (unpaired) electrons. The van der Waals surface area contributed by atoms with E-state index in [0.717, 1.165) is 4.79 Å². The summed E-state index contributed by atoms with van der Waals surface area (Å²) in [5, 5.41) is 14.2. The van der Waals surface area contributed by atoms with Gasteiger partial charge in [-0.15, -0.1) is 0 Å². The van der Waals surface area contributed by atoms with Crippen LogP contribution in [0.5, 0.6) is 5.75 Å². The van der Waals surface area contributed by atoms with Crippen molar-refractivity contribution in [3.05, 3.63) is 95.1 Å². The predicted octanol–water partition coefficient (Wildman–Crippen LogP) is 4.18. The highest BCUT2D eigenvalue weighted by atomic mass is 35.5. The molecule has 1 heterocycles. The van der Waals surface area contributed by atoms with Crippen molar-refractivity contribution in [2.24, 2.45) is 0 Å². The van der Waals surface area contributed by atoms with Crippen LogP contribution in [0.1, 0.15) is 20.8 Å². The smallest absolute Gasteiger partial charge is 0.425 e. The van der Waals surface area contributed by atoms with Crippen LogP contribution >= 0.6 is 11.6 Å². The summed E-state index contributed by atoms with van der Waals surface area (Å²) in [4.78, 5) is 38.2. The van der Waals surface area contributed by atoms with Crippen molar-refractivity contribution in [3.63, 3.8) is 0 Å². The van der Waals surface area contributed by atoms with E-state index in [1.807, 2.05) is 0 Å². The van der Waals surface area contributed by atoms with E-state index in [4.69, 9.17) is 16.3 Å². The number of methoxy groups -OCH3 is 1. The van der Waals surface area contributed by atoms with Crippen LogP contribution in [0, 0.1) is 0 Å². The molecule has 0 aliphatic rings. The minimum atomic E-state index is -1.44. The first kappa shape index (κ1) is 24.3. The number of nitrogens with one attached hydrogen (secondary N) is 3. The number of hydrogen-bond donors (Lipinski definition) is 4. The van der Waals surface area contributed by atoms with Crippen LogP contribution in [0.2, 0.25) is 5.02 Å². The van der Waals surface area contributed by atoms with E-state index in [1.165, 1.54) is 7.11 Å². The zero-order chi connectivity index (χ0) is 25.7. The van der Waals surface area contributed by atoms with E-state index < -0.39 is 17.9 Å². The first-order valence-corrected chi connectivity index (χ1v) is 10.9. The molecule has 0 aliphatic heterocycles. The maximum absolute atomic E-state index is 13.4. The van der Waals surface area contributed by atoms with Crippen molar-refractivity contribution in [2.45, 2.75) is 0 Å². The number of benzene rings is 3. The zero-order valence-corrected chi connectivity index (χ0v) is 19.6. The van der Waals surface area contributed by atoms with E-state index >= 15 is 0 Å². The maximum Gasteiger partial charge on any atom is 0.425 e. The van der Waals surface area contributed by atoms with Crippen LogP contribution in [0.3, 0.4) is 0 Å². The molecule has 3 amide bonds. The number of carboxylic acid groups (broad SMARTS) is 1. The number of hydrazine groups is 1. The summed E-state index contributed by atoms with van der Waals surface area (Å²) in [6, 6.07) is 21.8. The molecule has 0 bridgehead atoms. The Morgan fingerprint density at radius 3 is 2.25 bits per heavy atom. The zero-order valence-electron chi connectivity index (χ0n) is 18.9. The van der Waals surface area contributed by atoms with Gasteiger partial charge in [0.05, 0.1) is 7.11 Å². The molecule has 0 spiro atoms. The van der Waals surface area contributed by atoms with Gasteiger partial charge in [0, 0.05) is 21.7 Å². The van der Waals surface area contributed by atoms with Crippen LogP contribution in [0.15, 0.2) is 78.9 Å². The quantitative estimate of drug-likeness (QED) is 0.290. The lowest BCUT2D eigenvalue weighted by Crippen LogP contribution is -2.43. The van der Waals surface area contributed by atoms with Crippen molar-refractivity contribution in [2.75, 3.05) is 12.5 Å². The van der Waals surface area contributed by atoms with E-state index in [2.05, 4.69) is 21.4 Å². The molecule has 11 heteroatoms. The number of hydrogen-bond acceptors (Lipinski definition) is 5. The van der Waals surface area contributed by atoms with Gasteiger partial charge in [0.2, 0.25) is 0 Å². The Hall–Kier alpha value is -4.83. The minimum Gasteiger partial charge on any atom is -0.497 e. The van der Waals surface area contributed by atoms with Crippen molar-refractivity contribution in [3.8, 4) is 28.1 Å². The summed E-state index contributed by atoms with van der Waals surface area (Å²) in [5.41, 5.74) is 8.65. The Morgan fingerprint density at radius 1 is 0.889 bits per heavy atom. The number of aromatic nitrogens is 2. The largest absolute Gasteiger partial charge is 0.497 e. The van der Waals surface area contributed by atoms with Gasteiger partial charge in [0.25, 0.3) is 11.8 Å². The fourth-order valence-electron chi connectivity index (χ4n) is 3.50. The van der Waals surface area contributed by atoms with Crippen molar-refractivity contribution in [1.82, 2.24) is 20.7 Å². The first-order valence-electron chi connectivity index (χ1n) is 10.6. The normalized spacial score (nSPS) is 10.4. The lowest BCUT2D eigenvalue weighted by molar-refractivity contribution is 0.0842. The molecule has 4 rings (SSSR count). The molecule has 3 aromatic carbocycles. The van der Waals surface area contributed by atoms with Gasteiger partial charge in [-0.05, 0) is 42.0 Å². The Balaban J connectivity index is 1.83. The molecule has 4 N–H and O–H groups in total. The van der Waals surface area contributed by atoms with Gasteiger partial charge in [0.15, 0.2) is 5.69 Å². The second kappa shape index (κ2) is 10.6. The SMILES string of the molecule is COc1cccc(-c2c(-c3ccc(Cl)cc3)nn(NC(=O)O)c2C(=O)NNC(=O)c2ccccc2)c1. The molecule has 4 aromatic rings. The number of nitrogens with zero attached hydrogens (tertiary/aromatic N) is 2. The van der Waals surface area contributed by atoms with E-state index in [9.17, 15) is 19.5 Å². The number of halogens is 1. The molecule has 36 heavy (non-hydrogen) atoms. The third-order valence-corrected chi connectivity index (χ3v) is 5.36. The lowest BCUT2D eigenvalue weighted by Gasteiger charge is -2.12. The van der Waals surface area contributed by atoms with Crippen LogP contribution < -0.4 is 21.0 Å². The van der Waals surface area contributed by atoms with Crippen LogP contribution in [-0.4, -0.2) is 40.0 Å². The Labute approximate surface area is 210 Å². The summed E-state index contributed by atoms with van der Waals surface area (Å²) in [5.74, 6) is -0.849. The second-order valence-corrected chi connectivity index (χ2v) is 7.85. The monoisotopic (exact) mass is 505 g/mol. The Kier molecular flexibility index (Phi) is 7.17. The summed E-state index contributed by atoms with van der Waals surface area (Å²) in [7, 11) is 1.50. The Bertz CT molecular complexity index is 1420. The molecule has 0 fully saturated rings. The van der Waals surface area contributed by atoms with Crippen molar-refractivity contribution < 1.29 is 24.2 Å². The van der Waals surface area contributed by atoms with Gasteiger partial charge in [0.1, 0.15) is 11.4 Å². The van der Waals surface area contributed by atoms with E-state index in [0.29, 0.717) is 38.7 Å². The summed E-state index contributed by atoms with van der Waals surface area (Å²) < 4.78 is 5.33. The molecule has 0 saturated carbocycles. The first-order chi connectivity index (χ1) is 17.4. The fourth-order valence-corrected chi connectivity index (χ4v) is 3.62. The number of ether oxygens (including phenoxy) is 1. The number of carbonyl (C=O) groups is 3. The third-order valence-electron chi connectivity index (χ3n) is 5.10. The lowest BCUT2D eigenvalue weighted by atomic mass is 9.98.